The second-order valence-electron chi connectivity index (χ2n) is 6.63. The summed E-state index contributed by atoms with van der Waals surface area (Å²) < 4.78 is 0. The molecule has 1 aliphatic heterocycles. The van der Waals surface area contributed by atoms with Gasteiger partial charge in [-0.05, 0) is 29.5 Å². The zero-order valence-corrected chi connectivity index (χ0v) is 13.6. The lowest BCUT2D eigenvalue weighted by Gasteiger charge is -2.42. The number of likely N-dealkylation sites (tertiary alicyclic amines) is 1. The van der Waals surface area contributed by atoms with E-state index in [4.69, 9.17) is 5.73 Å². The van der Waals surface area contributed by atoms with Crippen molar-refractivity contribution in [3.63, 3.8) is 0 Å². The number of rotatable bonds is 2. The molecule has 1 fully saturated rings. The number of hydrogen-bond donors (Lipinski definition) is 1. The third-order valence-corrected chi connectivity index (χ3v) is 4.44. The lowest BCUT2D eigenvalue weighted by atomic mass is 9.79. The van der Waals surface area contributed by atoms with Crippen molar-refractivity contribution in [3.8, 4) is 0 Å². The van der Waals surface area contributed by atoms with Gasteiger partial charge >= 0.3 is 0 Å². The molecule has 0 bridgehead atoms. The highest BCUT2D eigenvalue weighted by Crippen LogP contribution is 2.28. The molecule has 2 aromatic rings. The average Bonchev–Trinajstić information content (AvgIpc) is 2.42. The number of benzene rings is 1. The van der Waals surface area contributed by atoms with Crippen LogP contribution in [-0.2, 0) is 6.54 Å². The Morgan fingerprint density at radius 3 is 2.86 bits per heavy atom. The van der Waals surface area contributed by atoms with E-state index in [1.165, 1.54) is 10.9 Å². The molecule has 1 aromatic heterocycles. The molecular weight excluding hydrogens is 282 g/mol. The van der Waals surface area contributed by atoms with E-state index >= 15 is 0 Å². The number of nitrogens with zero attached hydrogens (tertiary/aromatic N) is 2. The van der Waals surface area contributed by atoms with Gasteiger partial charge in [-0.3, -0.25) is 9.88 Å². The number of para-hydroxylation sites is 1. The Morgan fingerprint density at radius 2 is 2.10 bits per heavy atom. The monoisotopic (exact) mass is 305 g/mol. The minimum Gasteiger partial charge on any atom is -0.327 e. The third kappa shape index (κ3) is 3.54. The van der Waals surface area contributed by atoms with Gasteiger partial charge in [0.25, 0.3) is 0 Å². The summed E-state index contributed by atoms with van der Waals surface area (Å²) in [5, 5.41) is 1.22. The highest BCUT2D eigenvalue weighted by Gasteiger charge is 2.33. The fourth-order valence-corrected chi connectivity index (χ4v) is 3.08. The first-order chi connectivity index (χ1) is 9.54. The SMILES string of the molecule is CC1(C)CN(Cc2cnc3ccccc3c2)CCC1N.Cl. The van der Waals surface area contributed by atoms with Gasteiger partial charge in [0.2, 0.25) is 0 Å². The molecule has 3 rings (SSSR count). The van der Waals surface area contributed by atoms with Gasteiger partial charge in [-0.15, -0.1) is 12.4 Å². The van der Waals surface area contributed by atoms with Crippen molar-refractivity contribution in [3.05, 3.63) is 42.1 Å². The van der Waals surface area contributed by atoms with E-state index in [9.17, 15) is 0 Å². The summed E-state index contributed by atoms with van der Waals surface area (Å²) in [5.41, 5.74) is 8.75. The highest BCUT2D eigenvalue weighted by atomic mass is 35.5. The summed E-state index contributed by atoms with van der Waals surface area (Å²) in [5.74, 6) is 0. The Hall–Kier alpha value is -1.16. The van der Waals surface area contributed by atoms with Gasteiger partial charge < -0.3 is 5.73 Å². The van der Waals surface area contributed by atoms with Crippen molar-refractivity contribution in [1.82, 2.24) is 9.88 Å². The number of hydrogen-bond acceptors (Lipinski definition) is 3. The molecule has 21 heavy (non-hydrogen) atoms. The van der Waals surface area contributed by atoms with E-state index in [1.54, 1.807) is 0 Å². The Balaban J connectivity index is 0.00000161. The van der Waals surface area contributed by atoms with Gasteiger partial charge in [-0.2, -0.15) is 0 Å². The molecule has 0 aliphatic carbocycles. The standard InChI is InChI=1S/C17H23N3.ClH/c1-17(2)12-20(8-7-16(17)18)11-13-9-14-5-3-4-6-15(14)19-10-13;/h3-6,9-10,16H,7-8,11-12,18H2,1-2H3;1H. The zero-order chi connectivity index (χ0) is 14.2. The molecule has 1 atom stereocenters. The predicted molar refractivity (Wildman–Crippen MR) is 90.6 cm³/mol. The van der Waals surface area contributed by atoms with Gasteiger partial charge in [-0.25, -0.2) is 0 Å². The molecule has 2 N–H and O–H groups in total. The summed E-state index contributed by atoms with van der Waals surface area (Å²) in [6.45, 7) is 7.64. The summed E-state index contributed by atoms with van der Waals surface area (Å²) in [6.07, 6.45) is 3.08. The van der Waals surface area contributed by atoms with Gasteiger partial charge in [-0.1, -0.05) is 32.0 Å². The van der Waals surface area contributed by atoms with Gasteiger partial charge in [0.1, 0.15) is 0 Å². The van der Waals surface area contributed by atoms with E-state index in [0.29, 0.717) is 6.04 Å². The minimum atomic E-state index is 0. The molecule has 3 nitrogen and oxygen atoms in total. The fourth-order valence-electron chi connectivity index (χ4n) is 3.08. The summed E-state index contributed by atoms with van der Waals surface area (Å²) >= 11 is 0. The lowest BCUT2D eigenvalue weighted by Crippen LogP contribution is -2.52. The number of fused-ring (bicyclic) bond motifs is 1. The van der Waals surface area contributed by atoms with Crippen LogP contribution in [0, 0.1) is 5.41 Å². The molecule has 0 saturated carbocycles. The van der Waals surface area contributed by atoms with E-state index in [0.717, 1.165) is 31.6 Å². The van der Waals surface area contributed by atoms with Crippen LogP contribution in [0.3, 0.4) is 0 Å². The largest absolute Gasteiger partial charge is 0.327 e. The Kier molecular flexibility index (Phi) is 4.87. The van der Waals surface area contributed by atoms with Crippen LogP contribution in [0.25, 0.3) is 10.9 Å². The smallest absolute Gasteiger partial charge is 0.0702 e. The molecule has 114 valence electrons. The van der Waals surface area contributed by atoms with Crippen LogP contribution in [-0.4, -0.2) is 29.0 Å². The average molecular weight is 306 g/mol. The van der Waals surface area contributed by atoms with Crippen LogP contribution in [0.2, 0.25) is 0 Å². The first-order valence-electron chi connectivity index (χ1n) is 7.36. The third-order valence-electron chi connectivity index (χ3n) is 4.44. The number of aromatic nitrogens is 1. The van der Waals surface area contributed by atoms with Crippen molar-refractivity contribution >= 4 is 23.3 Å². The maximum absolute atomic E-state index is 6.20. The first-order valence-corrected chi connectivity index (χ1v) is 7.36. The normalized spacial score (nSPS) is 22.0. The number of halogens is 1. The van der Waals surface area contributed by atoms with E-state index in [2.05, 4.69) is 48.0 Å². The molecule has 0 amide bonds. The van der Waals surface area contributed by atoms with Crippen LogP contribution in [0.4, 0.5) is 0 Å². The van der Waals surface area contributed by atoms with Crippen molar-refractivity contribution in [1.29, 1.82) is 0 Å². The topological polar surface area (TPSA) is 42.2 Å². The van der Waals surface area contributed by atoms with Crippen LogP contribution in [0.1, 0.15) is 25.8 Å². The summed E-state index contributed by atoms with van der Waals surface area (Å²) in [7, 11) is 0. The predicted octanol–water partition coefficient (Wildman–Crippen LogP) is 3.22. The number of nitrogens with two attached hydrogens (primary N) is 1. The number of pyridine rings is 1. The van der Waals surface area contributed by atoms with Gasteiger partial charge in [0.15, 0.2) is 0 Å². The summed E-state index contributed by atoms with van der Waals surface area (Å²) in [4.78, 5) is 7.04. The molecule has 0 spiro atoms. The zero-order valence-electron chi connectivity index (χ0n) is 12.7. The van der Waals surface area contributed by atoms with Gasteiger partial charge in [0, 0.05) is 37.3 Å². The fraction of sp³-hybridized carbons (Fsp3) is 0.471. The lowest BCUT2D eigenvalue weighted by molar-refractivity contribution is 0.0898. The highest BCUT2D eigenvalue weighted by molar-refractivity contribution is 5.85. The molecule has 1 aliphatic rings. The molecule has 2 heterocycles. The van der Waals surface area contributed by atoms with Crippen molar-refractivity contribution in [2.75, 3.05) is 13.1 Å². The quantitative estimate of drug-likeness (QED) is 0.926. The molecule has 1 saturated heterocycles. The summed E-state index contributed by atoms with van der Waals surface area (Å²) in [6, 6.07) is 10.8. The van der Waals surface area contributed by atoms with Crippen LogP contribution >= 0.6 is 12.4 Å². The van der Waals surface area contributed by atoms with Gasteiger partial charge in [0.05, 0.1) is 5.52 Å². The van der Waals surface area contributed by atoms with Crippen molar-refractivity contribution in [2.45, 2.75) is 32.9 Å². The number of piperidine rings is 1. The maximum Gasteiger partial charge on any atom is 0.0702 e. The van der Waals surface area contributed by atoms with E-state index < -0.39 is 0 Å². The Morgan fingerprint density at radius 1 is 1.33 bits per heavy atom. The minimum absolute atomic E-state index is 0. The van der Waals surface area contributed by atoms with Crippen molar-refractivity contribution < 1.29 is 0 Å². The molecular formula is C17H24ClN3. The second kappa shape index (κ2) is 6.30. The maximum atomic E-state index is 6.20. The molecule has 4 heteroatoms. The second-order valence-corrected chi connectivity index (χ2v) is 6.63. The van der Waals surface area contributed by atoms with Crippen LogP contribution < -0.4 is 5.73 Å². The van der Waals surface area contributed by atoms with Crippen LogP contribution in [0.5, 0.6) is 0 Å². The Labute approximate surface area is 132 Å². The van der Waals surface area contributed by atoms with E-state index in [1.807, 2.05) is 12.3 Å². The molecule has 1 unspecified atom stereocenters. The first kappa shape index (κ1) is 16.2. The van der Waals surface area contributed by atoms with E-state index in [-0.39, 0.29) is 17.8 Å². The van der Waals surface area contributed by atoms with Crippen molar-refractivity contribution in [2.24, 2.45) is 11.1 Å². The molecule has 0 radical (unpaired) electrons. The molecule has 1 aromatic carbocycles. The van der Waals surface area contributed by atoms with Crippen LogP contribution in [0.15, 0.2) is 36.5 Å². The Bertz CT molecular complexity index is 612.